The Balaban J connectivity index is 2.28. The third-order valence-electron chi connectivity index (χ3n) is 3.85. The van der Waals surface area contributed by atoms with Gasteiger partial charge >= 0.3 is 0 Å². The summed E-state index contributed by atoms with van der Waals surface area (Å²) in [6.45, 7) is 8.21. The number of carbonyl (C=O) groups excluding carboxylic acids is 1. The van der Waals surface area contributed by atoms with Crippen LogP contribution in [0.1, 0.15) is 27.3 Å². The first-order valence-electron chi connectivity index (χ1n) is 7.74. The highest BCUT2D eigenvalue weighted by Gasteiger charge is 2.18. The highest BCUT2D eigenvalue weighted by atomic mass is 16.1. The normalized spacial score (nSPS) is 11.5. The van der Waals surface area contributed by atoms with Gasteiger partial charge in [0.2, 0.25) is 5.78 Å². The van der Waals surface area contributed by atoms with Gasteiger partial charge in [0, 0.05) is 23.5 Å². The topological polar surface area (TPSA) is 45.8 Å². The van der Waals surface area contributed by atoms with E-state index in [1.807, 2.05) is 67.0 Å². The Kier molecular flexibility index (Phi) is 5.70. The lowest BCUT2D eigenvalue weighted by atomic mass is 10.0. The molecule has 0 N–H and O–H groups in total. The molecule has 0 spiro atoms. The maximum absolute atomic E-state index is 12.6. The van der Waals surface area contributed by atoms with Crippen LogP contribution in [0, 0.1) is 25.2 Å². The van der Waals surface area contributed by atoms with Gasteiger partial charge in [-0.05, 0) is 31.6 Å². The zero-order valence-electron chi connectivity index (χ0n) is 14.0. The minimum absolute atomic E-state index is 0.126. The van der Waals surface area contributed by atoms with Crippen LogP contribution in [-0.2, 0) is 6.54 Å². The molecule has 3 heteroatoms. The largest absolute Gasteiger partial charge is 0.345 e. The summed E-state index contributed by atoms with van der Waals surface area (Å²) in [6.07, 6.45) is 6.95. The van der Waals surface area contributed by atoms with Crippen LogP contribution in [0.25, 0.3) is 6.08 Å². The van der Waals surface area contributed by atoms with Crippen LogP contribution in [0.2, 0.25) is 0 Å². The van der Waals surface area contributed by atoms with Crippen molar-refractivity contribution in [2.75, 3.05) is 0 Å². The molecule has 0 saturated carbocycles. The van der Waals surface area contributed by atoms with E-state index in [0.717, 1.165) is 17.0 Å². The molecule has 1 aromatic heterocycles. The molecule has 0 radical (unpaired) electrons. The van der Waals surface area contributed by atoms with Gasteiger partial charge in [-0.25, -0.2) is 0 Å². The van der Waals surface area contributed by atoms with Gasteiger partial charge in [0.1, 0.15) is 11.6 Å². The highest BCUT2D eigenvalue weighted by molar-refractivity contribution is 6.12. The molecule has 2 rings (SSSR count). The van der Waals surface area contributed by atoms with Gasteiger partial charge in [0.25, 0.3) is 0 Å². The van der Waals surface area contributed by atoms with Crippen LogP contribution < -0.4 is 0 Å². The molecule has 0 aliphatic heterocycles. The first kappa shape index (κ1) is 17.2. The lowest BCUT2D eigenvalue weighted by Gasteiger charge is -2.05. The van der Waals surface area contributed by atoms with Crippen LogP contribution in [-0.4, -0.2) is 10.4 Å². The number of nitriles is 1. The Hall–Kier alpha value is -3.12. The molecule has 1 aromatic carbocycles. The van der Waals surface area contributed by atoms with Gasteiger partial charge in [-0.2, -0.15) is 5.26 Å². The third kappa shape index (κ3) is 3.80. The molecule has 0 saturated heterocycles. The SMILES string of the molecule is C=CCn1c(C)cc(C(=O)/C(C#N)=C/C=C/c2ccccc2)c1C. The van der Waals surface area contributed by atoms with Crippen LogP contribution in [0.15, 0.2) is 66.8 Å². The van der Waals surface area contributed by atoms with E-state index in [0.29, 0.717) is 12.1 Å². The monoisotopic (exact) mass is 316 g/mol. The van der Waals surface area contributed by atoms with Gasteiger partial charge in [-0.1, -0.05) is 48.6 Å². The van der Waals surface area contributed by atoms with E-state index in [4.69, 9.17) is 0 Å². The van der Waals surface area contributed by atoms with Crippen molar-refractivity contribution in [1.29, 1.82) is 5.26 Å². The predicted molar refractivity (Wildman–Crippen MR) is 97.6 cm³/mol. The smallest absolute Gasteiger partial charge is 0.205 e. The molecule has 0 amide bonds. The Labute approximate surface area is 142 Å². The number of Topliss-reactive ketones (excluding diaryl/α,β-unsaturated/α-hetero) is 1. The lowest BCUT2D eigenvalue weighted by Crippen LogP contribution is -2.05. The van der Waals surface area contributed by atoms with Gasteiger partial charge in [-0.15, -0.1) is 6.58 Å². The van der Waals surface area contributed by atoms with Crippen molar-refractivity contribution in [3.8, 4) is 6.07 Å². The zero-order chi connectivity index (χ0) is 17.5. The number of nitrogens with zero attached hydrogens (tertiary/aromatic N) is 2. The molecule has 24 heavy (non-hydrogen) atoms. The number of hydrogen-bond donors (Lipinski definition) is 0. The predicted octanol–water partition coefficient (Wildman–Crippen LogP) is 4.64. The molecular formula is C21H20N2O. The van der Waals surface area contributed by atoms with E-state index in [-0.39, 0.29) is 11.4 Å². The minimum Gasteiger partial charge on any atom is -0.345 e. The van der Waals surface area contributed by atoms with Crippen molar-refractivity contribution in [2.45, 2.75) is 20.4 Å². The van der Waals surface area contributed by atoms with E-state index in [2.05, 4.69) is 6.58 Å². The minimum atomic E-state index is -0.251. The maximum atomic E-state index is 12.6. The van der Waals surface area contributed by atoms with Gasteiger partial charge in [-0.3, -0.25) is 4.79 Å². The maximum Gasteiger partial charge on any atom is 0.205 e. The van der Waals surface area contributed by atoms with Crippen molar-refractivity contribution in [3.63, 3.8) is 0 Å². The Bertz CT molecular complexity index is 846. The van der Waals surface area contributed by atoms with Gasteiger partial charge < -0.3 is 4.57 Å². The molecule has 0 bridgehead atoms. The summed E-state index contributed by atoms with van der Waals surface area (Å²) in [5.41, 5.74) is 3.54. The van der Waals surface area contributed by atoms with Crippen LogP contribution in [0.5, 0.6) is 0 Å². The van der Waals surface area contributed by atoms with Crippen LogP contribution in [0.4, 0.5) is 0 Å². The number of rotatable bonds is 6. The summed E-state index contributed by atoms with van der Waals surface area (Å²) in [6, 6.07) is 13.6. The second-order valence-corrected chi connectivity index (χ2v) is 5.48. The van der Waals surface area contributed by atoms with Crippen molar-refractivity contribution in [1.82, 2.24) is 4.57 Å². The fraction of sp³-hybridized carbons (Fsp3) is 0.143. The number of hydrogen-bond acceptors (Lipinski definition) is 2. The van der Waals surface area contributed by atoms with Crippen molar-refractivity contribution < 1.29 is 4.79 Å². The standard InChI is InChI=1S/C21H20N2O/c1-4-13-23-16(2)14-20(17(23)3)21(24)19(15-22)12-8-11-18-9-6-5-7-10-18/h4-12,14H,1,13H2,2-3H3/b11-8+,19-12+. The second-order valence-electron chi connectivity index (χ2n) is 5.48. The summed E-state index contributed by atoms with van der Waals surface area (Å²) in [7, 11) is 0. The van der Waals surface area contributed by atoms with E-state index in [1.54, 1.807) is 18.2 Å². The summed E-state index contributed by atoms with van der Waals surface area (Å²) in [5, 5.41) is 9.33. The zero-order valence-corrected chi connectivity index (χ0v) is 14.0. The Morgan fingerprint density at radius 3 is 2.62 bits per heavy atom. The van der Waals surface area contributed by atoms with E-state index in [1.165, 1.54) is 0 Å². The molecule has 120 valence electrons. The van der Waals surface area contributed by atoms with Crippen LogP contribution in [0.3, 0.4) is 0 Å². The second kappa shape index (κ2) is 7.94. The van der Waals surface area contributed by atoms with E-state index < -0.39 is 0 Å². The Morgan fingerprint density at radius 1 is 1.29 bits per heavy atom. The summed E-state index contributed by atoms with van der Waals surface area (Å²) >= 11 is 0. The van der Waals surface area contributed by atoms with Crippen molar-refractivity contribution >= 4 is 11.9 Å². The molecule has 0 unspecified atom stereocenters. The summed E-state index contributed by atoms with van der Waals surface area (Å²) < 4.78 is 2.01. The quantitative estimate of drug-likeness (QED) is 0.256. The first-order valence-corrected chi connectivity index (χ1v) is 7.74. The highest BCUT2D eigenvalue weighted by Crippen LogP contribution is 2.19. The molecule has 2 aromatic rings. The average Bonchev–Trinajstić information content (AvgIpc) is 2.88. The number of benzene rings is 1. The number of aromatic nitrogens is 1. The number of carbonyl (C=O) groups is 1. The van der Waals surface area contributed by atoms with E-state index >= 15 is 0 Å². The average molecular weight is 316 g/mol. The van der Waals surface area contributed by atoms with Crippen molar-refractivity contribution in [3.05, 3.63) is 89.3 Å². The molecule has 0 aliphatic carbocycles. The number of allylic oxidation sites excluding steroid dienone is 4. The molecule has 1 heterocycles. The molecule has 0 aliphatic rings. The lowest BCUT2D eigenvalue weighted by molar-refractivity contribution is 0.103. The fourth-order valence-electron chi connectivity index (χ4n) is 2.57. The van der Waals surface area contributed by atoms with E-state index in [9.17, 15) is 10.1 Å². The van der Waals surface area contributed by atoms with Crippen LogP contribution >= 0.6 is 0 Å². The summed E-state index contributed by atoms with van der Waals surface area (Å²) in [5.74, 6) is -0.251. The fourth-order valence-corrected chi connectivity index (χ4v) is 2.57. The van der Waals surface area contributed by atoms with Gasteiger partial charge in [0.05, 0.1) is 0 Å². The molecular weight excluding hydrogens is 296 g/mol. The third-order valence-corrected chi connectivity index (χ3v) is 3.85. The first-order chi connectivity index (χ1) is 11.6. The Morgan fingerprint density at radius 2 is 2.00 bits per heavy atom. The molecule has 3 nitrogen and oxygen atoms in total. The number of aryl methyl sites for hydroxylation is 1. The number of ketones is 1. The summed E-state index contributed by atoms with van der Waals surface area (Å²) in [4.78, 5) is 12.6. The molecule has 0 fully saturated rings. The molecule has 0 atom stereocenters. The van der Waals surface area contributed by atoms with Crippen molar-refractivity contribution in [2.24, 2.45) is 0 Å². The van der Waals surface area contributed by atoms with Gasteiger partial charge in [0.15, 0.2) is 0 Å².